The number of thiazole rings is 1. The first kappa shape index (κ1) is 20.8. The third-order valence-electron chi connectivity index (χ3n) is 4.91. The standard InChI is InChI=1S/C20H20F2N4O3S/c21-13-1-2-15-17(8-13)30-19(24-15)25-20(29)26-5-3-11(4-6-26)18-14(22)7-12(9-23-18)16(28)10-27/h1-3,7-9,16,20,27-29H,4-6,10H2,(H,24,25)/t16-,20?/m1/s1. The highest BCUT2D eigenvalue weighted by molar-refractivity contribution is 7.22. The van der Waals surface area contributed by atoms with E-state index in [1.807, 2.05) is 0 Å². The molecule has 1 aromatic carbocycles. The van der Waals surface area contributed by atoms with Crippen molar-refractivity contribution >= 4 is 32.3 Å². The molecule has 7 nitrogen and oxygen atoms in total. The van der Waals surface area contributed by atoms with Crippen LogP contribution in [-0.2, 0) is 0 Å². The molecule has 1 aliphatic rings. The van der Waals surface area contributed by atoms with Gasteiger partial charge < -0.3 is 20.6 Å². The van der Waals surface area contributed by atoms with E-state index in [2.05, 4.69) is 15.3 Å². The molecule has 3 heterocycles. The van der Waals surface area contributed by atoms with E-state index in [-0.39, 0.29) is 17.1 Å². The molecule has 0 radical (unpaired) electrons. The van der Waals surface area contributed by atoms with Crippen LogP contribution in [0.25, 0.3) is 15.8 Å². The number of pyridine rings is 1. The Kier molecular flexibility index (Phi) is 6.02. The van der Waals surface area contributed by atoms with E-state index in [0.29, 0.717) is 40.4 Å². The molecule has 1 unspecified atom stereocenters. The quantitative estimate of drug-likeness (QED) is 0.442. The van der Waals surface area contributed by atoms with Crippen molar-refractivity contribution in [3.63, 3.8) is 0 Å². The van der Waals surface area contributed by atoms with Crippen LogP contribution in [0.5, 0.6) is 0 Å². The molecule has 0 bridgehead atoms. The minimum Gasteiger partial charge on any atom is -0.393 e. The minimum absolute atomic E-state index is 0.194. The largest absolute Gasteiger partial charge is 0.393 e. The van der Waals surface area contributed by atoms with Crippen LogP contribution >= 0.6 is 11.3 Å². The molecule has 0 saturated carbocycles. The number of benzene rings is 1. The molecular weight excluding hydrogens is 414 g/mol. The van der Waals surface area contributed by atoms with Crippen LogP contribution in [0.1, 0.15) is 23.8 Å². The minimum atomic E-state index is -1.17. The molecule has 10 heteroatoms. The molecule has 0 saturated heterocycles. The highest BCUT2D eigenvalue weighted by Crippen LogP contribution is 2.28. The van der Waals surface area contributed by atoms with Crippen molar-refractivity contribution in [1.82, 2.24) is 14.9 Å². The normalized spacial score (nSPS) is 17.0. The zero-order valence-corrected chi connectivity index (χ0v) is 16.6. The fourth-order valence-corrected chi connectivity index (χ4v) is 4.17. The van der Waals surface area contributed by atoms with Crippen LogP contribution in [0.3, 0.4) is 0 Å². The van der Waals surface area contributed by atoms with Gasteiger partial charge in [-0.25, -0.2) is 13.8 Å². The Hall–Kier alpha value is -2.50. The van der Waals surface area contributed by atoms with Gasteiger partial charge in [-0.3, -0.25) is 9.88 Å². The fourth-order valence-electron chi connectivity index (χ4n) is 3.26. The molecule has 1 aliphatic heterocycles. The summed E-state index contributed by atoms with van der Waals surface area (Å²) in [7, 11) is 0. The average Bonchev–Trinajstić information content (AvgIpc) is 3.14. The van der Waals surface area contributed by atoms with Crippen LogP contribution in [0, 0.1) is 11.6 Å². The number of halogens is 2. The number of aromatic nitrogens is 2. The van der Waals surface area contributed by atoms with Gasteiger partial charge in [0.15, 0.2) is 11.5 Å². The molecule has 0 fully saturated rings. The first-order valence-electron chi connectivity index (χ1n) is 9.33. The Balaban J connectivity index is 1.42. The maximum atomic E-state index is 14.4. The number of hydrogen-bond donors (Lipinski definition) is 4. The summed E-state index contributed by atoms with van der Waals surface area (Å²) in [6.45, 7) is 0.319. The second kappa shape index (κ2) is 8.70. The number of aliphatic hydroxyl groups excluding tert-OH is 3. The van der Waals surface area contributed by atoms with Crippen molar-refractivity contribution in [2.45, 2.75) is 18.9 Å². The average molecular weight is 434 g/mol. The molecule has 30 heavy (non-hydrogen) atoms. The van der Waals surface area contributed by atoms with Gasteiger partial charge in [-0.1, -0.05) is 17.4 Å². The second-order valence-electron chi connectivity index (χ2n) is 6.92. The van der Waals surface area contributed by atoms with Gasteiger partial charge in [-0.2, -0.15) is 0 Å². The van der Waals surface area contributed by atoms with Gasteiger partial charge in [0.05, 0.1) is 16.8 Å². The van der Waals surface area contributed by atoms with Gasteiger partial charge in [0.1, 0.15) is 23.4 Å². The Morgan fingerprint density at radius 2 is 2.07 bits per heavy atom. The lowest BCUT2D eigenvalue weighted by molar-refractivity contribution is 0.0342. The number of nitrogens with zero attached hydrogens (tertiary/aromatic N) is 3. The Labute approximate surface area is 174 Å². The second-order valence-corrected chi connectivity index (χ2v) is 7.95. The summed E-state index contributed by atoms with van der Waals surface area (Å²) in [5.41, 5.74) is 1.76. The number of nitrogens with one attached hydrogen (secondary N) is 1. The first-order valence-corrected chi connectivity index (χ1v) is 10.1. The Morgan fingerprint density at radius 3 is 2.77 bits per heavy atom. The summed E-state index contributed by atoms with van der Waals surface area (Å²) in [4.78, 5) is 10.2. The van der Waals surface area contributed by atoms with Gasteiger partial charge in [-0.05, 0) is 36.3 Å². The van der Waals surface area contributed by atoms with E-state index in [1.165, 1.54) is 35.7 Å². The summed E-state index contributed by atoms with van der Waals surface area (Å²) in [5, 5.41) is 32.4. The third kappa shape index (κ3) is 4.32. The molecular formula is C20H20F2N4O3S. The van der Waals surface area contributed by atoms with E-state index >= 15 is 0 Å². The molecule has 3 aromatic rings. The lowest BCUT2D eigenvalue weighted by Gasteiger charge is -2.30. The summed E-state index contributed by atoms with van der Waals surface area (Å²) in [5.74, 6) is -0.910. The van der Waals surface area contributed by atoms with E-state index in [0.717, 1.165) is 0 Å². The van der Waals surface area contributed by atoms with Gasteiger partial charge in [0.2, 0.25) is 0 Å². The summed E-state index contributed by atoms with van der Waals surface area (Å²) >= 11 is 1.25. The van der Waals surface area contributed by atoms with Crippen LogP contribution in [0.15, 0.2) is 36.5 Å². The Bertz CT molecular complexity index is 1090. The molecule has 4 rings (SSSR count). The predicted molar refractivity (Wildman–Crippen MR) is 110 cm³/mol. The van der Waals surface area contributed by atoms with Crippen LogP contribution in [-0.4, -0.2) is 56.2 Å². The van der Waals surface area contributed by atoms with Crippen molar-refractivity contribution in [3.8, 4) is 0 Å². The summed E-state index contributed by atoms with van der Waals surface area (Å²) < 4.78 is 28.4. The van der Waals surface area contributed by atoms with Crippen molar-refractivity contribution in [2.75, 3.05) is 25.0 Å². The van der Waals surface area contributed by atoms with Gasteiger partial charge in [0.25, 0.3) is 0 Å². The summed E-state index contributed by atoms with van der Waals surface area (Å²) in [6.07, 6.45) is 1.43. The van der Waals surface area contributed by atoms with Crippen molar-refractivity contribution in [1.29, 1.82) is 0 Å². The van der Waals surface area contributed by atoms with Crippen LogP contribution in [0.2, 0.25) is 0 Å². The van der Waals surface area contributed by atoms with E-state index in [9.17, 15) is 19.0 Å². The van der Waals surface area contributed by atoms with Gasteiger partial charge in [0, 0.05) is 24.8 Å². The molecule has 2 atom stereocenters. The molecule has 158 valence electrons. The predicted octanol–water partition coefficient (Wildman–Crippen LogP) is 2.47. The lowest BCUT2D eigenvalue weighted by Crippen LogP contribution is -2.43. The van der Waals surface area contributed by atoms with Gasteiger partial charge >= 0.3 is 0 Å². The lowest BCUT2D eigenvalue weighted by atomic mass is 10.0. The Morgan fingerprint density at radius 1 is 1.23 bits per heavy atom. The zero-order chi connectivity index (χ0) is 21.3. The van der Waals surface area contributed by atoms with E-state index in [4.69, 9.17) is 5.11 Å². The molecule has 0 aliphatic carbocycles. The number of anilines is 1. The monoisotopic (exact) mass is 434 g/mol. The van der Waals surface area contributed by atoms with Crippen LogP contribution in [0.4, 0.5) is 13.9 Å². The van der Waals surface area contributed by atoms with Gasteiger partial charge in [-0.15, -0.1) is 0 Å². The van der Waals surface area contributed by atoms with Crippen molar-refractivity contribution in [3.05, 3.63) is 59.4 Å². The number of hydrogen-bond acceptors (Lipinski definition) is 8. The topological polar surface area (TPSA) is 102 Å². The highest BCUT2D eigenvalue weighted by Gasteiger charge is 2.22. The SMILES string of the molecule is OC[C@@H](O)c1cnc(C2=CCN(C(O)Nc3nc4ccc(F)cc4s3)CC2)c(F)c1. The zero-order valence-electron chi connectivity index (χ0n) is 15.8. The van der Waals surface area contributed by atoms with E-state index < -0.39 is 24.9 Å². The summed E-state index contributed by atoms with van der Waals surface area (Å²) in [6, 6.07) is 5.49. The van der Waals surface area contributed by atoms with Crippen molar-refractivity contribution in [2.24, 2.45) is 0 Å². The number of aliphatic hydroxyl groups is 3. The number of rotatable bonds is 6. The van der Waals surface area contributed by atoms with E-state index in [1.54, 1.807) is 17.0 Å². The maximum Gasteiger partial charge on any atom is 0.186 e. The molecule has 2 aromatic heterocycles. The maximum absolute atomic E-state index is 14.4. The molecule has 0 amide bonds. The van der Waals surface area contributed by atoms with Crippen LogP contribution < -0.4 is 5.32 Å². The van der Waals surface area contributed by atoms with Crippen molar-refractivity contribution < 1.29 is 24.1 Å². The first-order chi connectivity index (χ1) is 14.4. The smallest absolute Gasteiger partial charge is 0.186 e. The third-order valence-corrected chi connectivity index (χ3v) is 5.86. The fraction of sp³-hybridized carbons (Fsp3) is 0.300. The highest BCUT2D eigenvalue weighted by atomic mass is 32.1. The molecule has 4 N–H and O–H groups in total. The number of fused-ring (bicyclic) bond motifs is 1. The molecule has 0 spiro atoms.